The summed E-state index contributed by atoms with van der Waals surface area (Å²) in [5.41, 5.74) is 1.62. The number of hydrogen-bond acceptors (Lipinski definition) is 10. The van der Waals surface area contributed by atoms with E-state index in [9.17, 15) is 4.39 Å². The molecule has 2 aliphatic rings. The molecule has 10 nitrogen and oxygen atoms in total. The molecular weight excluding hydrogens is 563 g/mol. The summed E-state index contributed by atoms with van der Waals surface area (Å²) in [6.07, 6.45) is 0.563. The van der Waals surface area contributed by atoms with Crippen LogP contribution in [-0.2, 0) is 37.9 Å². The first-order valence-corrected chi connectivity index (χ1v) is 15.0. The SMILES string of the molecule is CC(COCCOCCOc1ccc(-c2ccc(OCCOCCOCC(C)OCC3CO3)c(F)c2)cc1)OCC1CO1. The Balaban J connectivity index is 1.01. The quantitative estimate of drug-likeness (QED) is 0.122. The minimum atomic E-state index is -0.428. The molecule has 4 rings (SSSR count). The lowest BCUT2D eigenvalue weighted by atomic mass is 10.1. The summed E-state index contributed by atoms with van der Waals surface area (Å²) < 4.78 is 69.5. The summed E-state index contributed by atoms with van der Waals surface area (Å²) in [6.45, 7) is 11.1. The fraction of sp³-hybridized carbons (Fsp3) is 0.625. The molecule has 2 heterocycles. The first-order chi connectivity index (χ1) is 21.1. The maximum Gasteiger partial charge on any atom is 0.165 e. The number of benzene rings is 2. The first-order valence-electron chi connectivity index (χ1n) is 15.0. The Morgan fingerprint density at radius 1 is 0.651 bits per heavy atom. The number of epoxide rings is 2. The van der Waals surface area contributed by atoms with Gasteiger partial charge in [0.05, 0.1) is 91.5 Å². The van der Waals surface area contributed by atoms with E-state index in [1.807, 2.05) is 44.2 Å². The molecule has 4 atom stereocenters. The highest BCUT2D eigenvalue weighted by Gasteiger charge is 2.24. The molecule has 0 N–H and O–H groups in total. The summed E-state index contributed by atoms with van der Waals surface area (Å²) in [6, 6.07) is 12.4. The van der Waals surface area contributed by atoms with Gasteiger partial charge in [-0.15, -0.1) is 0 Å². The molecule has 0 spiro atoms. The van der Waals surface area contributed by atoms with E-state index in [4.69, 9.17) is 47.4 Å². The van der Waals surface area contributed by atoms with Crippen molar-refractivity contribution < 1.29 is 51.8 Å². The molecule has 2 aliphatic heterocycles. The van der Waals surface area contributed by atoms with Crippen LogP contribution in [0.4, 0.5) is 4.39 Å². The zero-order valence-electron chi connectivity index (χ0n) is 25.2. The zero-order chi connectivity index (χ0) is 30.1. The fourth-order valence-electron chi connectivity index (χ4n) is 3.88. The zero-order valence-corrected chi connectivity index (χ0v) is 25.2. The van der Waals surface area contributed by atoms with Gasteiger partial charge >= 0.3 is 0 Å². The predicted octanol–water partition coefficient (Wildman–Crippen LogP) is 3.92. The van der Waals surface area contributed by atoms with Gasteiger partial charge in [0.25, 0.3) is 0 Å². The second-order valence-corrected chi connectivity index (χ2v) is 10.4. The Hall–Kier alpha value is -2.35. The topological polar surface area (TPSA) is 98.9 Å². The third kappa shape index (κ3) is 14.3. The Labute approximate surface area is 253 Å². The molecule has 0 bridgehead atoms. The van der Waals surface area contributed by atoms with Crippen LogP contribution in [0.25, 0.3) is 11.1 Å². The van der Waals surface area contributed by atoms with Gasteiger partial charge in [0.2, 0.25) is 0 Å². The molecule has 11 heteroatoms. The molecule has 2 aromatic carbocycles. The lowest BCUT2D eigenvalue weighted by Crippen LogP contribution is -2.20. The van der Waals surface area contributed by atoms with Crippen LogP contribution in [-0.4, -0.2) is 117 Å². The van der Waals surface area contributed by atoms with Crippen molar-refractivity contribution in [3.63, 3.8) is 0 Å². The standard InChI is InChI=1S/C32H45FO10/c1-24(40-20-29-22-42-29)18-36-11-9-34-13-15-38-28-6-3-26(4-7-28)27-5-8-32(31(33)17-27)39-16-14-35-10-12-37-19-25(2)41-21-30-23-43-30/h3-8,17,24-25,29-30H,9-16,18-23H2,1-2H3. The number of hydrogen-bond donors (Lipinski definition) is 0. The largest absolute Gasteiger partial charge is 0.491 e. The normalized spacial score (nSPS) is 18.8. The van der Waals surface area contributed by atoms with Gasteiger partial charge in [0.15, 0.2) is 11.6 Å². The summed E-state index contributed by atoms with van der Waals surface area (Å²) in [5.74, 6) is 0.473. The number of ether oxygens (including phenoxy) is 10. The van der Waals surface area contributed by atoms with Crippen molar-refractivity contribution in [1.29, 1.82) is 0 Å². The third-order valence-electron chi connectivity index (χ3n) is 6.49. The monoisotopic (exact) mass is 608 g/mol. The third-order valence-corrected chi connectivity index (χ3v) is 6.49. The van der Waals surface area contributed by atoms with Crippen molar-refractivity contribution in [3.8, 4) is 22.6 Å². The van der Waals surface area contributed by atoms with Crippen LogP contribution >= 0.6 is 0 Å². The molecule has 0 saturated carbocycles. The van der Waals surface area contributed by atoms with Gasteiger partial charge in [-0.3, -0.25) is 0 Å². The molecule has 240 valence electrons. The van der Waals surface area contributed by atoms with E-state index in [0.29, 0.717) is 78.4 Å². The molecule has 2 saturated heterocycles. The molecule has 2 aromatic rings. The van der Waals surface area contributed by atoms with Gasteiger partial charge in [-0.05, 0) is 49.2 Å². The molecule has 0 radical (unpaired) electrons. The van der Waals surface area contributed by atoms with Gasteiger partial charge in [-0.25, -0.2) is 4.39 Å². The van der Waals surface area contributed by atoms with Gasteiger partial charge in [0, 0.05) is 0 Å². The molecule has 2 fully saturated rings. The molecule has 0 amide bonds. The second-order valence-electron chi connectivity index (χ2n) is 10.4. The Morgan fingerprint density at radius 2 is 1.14 bits per heavy atom. The van der Waals surface area contributed by atoms with Crippen LogP contribution in [0.15, 0.2) is 42.5 Å². The van der Waals surface area contributed by atoms with Gasteiger partial charge in [-0.1, -0.05) is 18.2 Å². The van der Waals surface area contributed by atoms with Gasteiger partial charge < -0.3 is 47.4 Å². The highest BCUT2D eigenvalue weighted by molar-refractivity contribution is 5.65. The maximum atomic E-state index is 14.6. The lowest BCUT2D eigenvalue weighted by Gasteiger charge is -2.13. The molecule has 0 aliphatic carbocycles. The first kappa shape index (κ1) is 33.5. The van der Waals surface area contributed by atoms with Crippen molar-refractivity contribution >= 4 is 0 Å². The van der Waals surface area contributed by atoms with Crippen LogP contribution < -0.4 is 9.47 Å². The summed E-state index contributed by atoms with van der Waals surface area (Å²) in [4.78, 5) is 0. The van der Waals surface area contributed by atoms with Crippen LogP contribution in [0.2, 0.25) is 0 Å². The van der Waals surface area contributed by atoms with Crippen molar-refractivity contribution in [2.24, 2.45) is 0 Å². The minimum Gasteiger partial charge on any atom is -0.491 e. The Bertz CT molecular complexity index is 1030. The van der Waals surface area contributed by atoms with E-state index in [-0.39, 0.29) is 36.8 Å². The number of rotatable bonds is 25. The number of halogens is 1. The van der Waals surface area contributed by atoms with Crippen LogP contribution in [0.3, 0.4) is 0 Å². The van der Waals surface area contributed by atoms with E-state index < -0.39 is 5.82 Å². The van der Waals surface area contributed by atoms with Crippen molar-refractivity contribution in [2.75, 3.05) is 92.5 Å². The van der Waals surface area contributed by atoms with Crippen LogP contribution in [0.1, 0.15) is 13.8 Å². The summed E-state index contributed by atoms with van der Waals surface area (Å²) >= 11 is 0. The van der Waals surface area contributed by atoms with Crippen molar-refractivity contribution in [2.45, 2.75) is 38.3 Å². The second kappa shape index (κ2) is 19.1. The molecule has 0 aromatic heterocycles. The smallest absolute Gasteiger partial charge is 0.165 e. The minimum absolute atomic E-state index is 0.0137. The average Bonchev–Trinajstić information content (AvgIpc) is 3.94. The maximum absolute atomic E-state index is 14.6. The van der Waals surface area contributed by atoms with Crippen molar-refractivity contribution in [3.05, 3.63) is 48.3 Å². The molecule has 4 unspecified atom stereocenters. The highest BCUT2D eigenvalue weighted by Crippen LogP contribution is 2.27. The lowest BCUT2D eigenvalue weighted by molar-refractivity contribution is -0.0287. The summed E-state index contributed by atoms with van der Waals surface area (Å²) in [7, 11) is 0. The van der Waals surface area contributed by atoms with E-state index in [1.54, 1.807) is 6.07 Å². The van der Waals surface area contributed by atoms with Crippen LogP contribution in [0.5, 0.6) is 11.5 Å². The Kier molecular flexibility index (Phi) is 14.9. The highest BCUT2D eigenvalue weighted by atomic mass is 19.1. The van der Waals surface area contributed by atoms with Gasteiger partial charge in [0.1, 0.15) is 31.2 Å². The van der Waals surface area contributed by atoms with E-state index >= 15 is 0 Å². The summed E-state index contributed by atoms with van der Waals surface area (Å²) in [5, 5.41) is 0. The molecular formula is C32H45FO10. The van der Waals surface area contributed by atoms with Crippen LogP contribution in [0, 0.1) is 5.82 Å². The van der Waals surface area contributed by atoms with Crippen molar-refractivity contribution in [1.82, 2.24) is 0 Å². The predicted molar refractivity (Wildman–Crippen MR) is 156 cm³/mol. The van der Waals surface area contributed by atoms with E-state index in [0.717, 1.165) is 24.3 Å². The average molecular weight is 609 g/mol. The van der Waals surface area contributed by atoms with E-state index in [1.165, 1.54) is 6.07 Å². The Morgan fingerprint density at radius 3 is 1.67 bits per heavy atom. The van der Waals surface area contributed by atoms with E-state index in [2.05, 4.69) is 0 Å². The molecule has 43 heavy (non-hydrogen) atoms. The fourth-order valence-corrected chi connectivity index (χ4v) is 3.88. The van der Waals surface area contributed by atoms with Gasteiger partial charge in [-0.2, -0.15) is 0 Å².